The highest BCUT2D eigenvalue weighted by molar-refractivity contribution is 6.00. The smallest absolute Gasteiger partial charge is 0.418 e. The monoisotopic (exact) mass is 461 g/mol. The van der Waals surface area contributed by atoms with Gasteiger partial charge in [-0.1, -0.05) is 0 Å². The lowest BCUT2D eigenvalue weighted by atomic mass is 10.1. The SMILES string of the molecule is COC(C)c1c(NC(=O)Nc2cnc(-c3ncco3)c(C(F)(F)F)c2)cnn2cc(C)nc12. The van der Waals surface area contributed by atoms with Crippen LogP contribution in [-0.4, -0.2) is 37.7 Å². The lowest BCUT2D eigenvalue weighted by molar-refractivity contribution is -0.137. The van der Waals surface area contributed by atoms with Crippen molar-refractivity contribution in [2.45, 2.75) is 26.1 Å². The van der Waals surface area contributed by atoms with Gasteiger partial charge in [0.05, 0.1) is 59.1 Å². The van der Waals surface area contributed by atoms with Crippen LogP contribution in [0.15, 0.2) is 41.5 Å². The second-order valence-corrected chi connectivity index (χ2v) is 7.03. The van der Waals surface area contributed by atoms with Crippen molar-refractivity contribution in [2.75, 3.05) is 17.7 Å². The number of nitrogens with one attached hydrogen (secondary N) is 2. The molecule has 13 heteroatoms. The standard InChI is InChI=1S/C20H18F3N7O3/c1-10-9-30-17(27-10)15(11(2)32-3)14(8-26-30)29-19(31)28-12-6-13(20(21,22)23)16(25-7-12)18-24-4-5-33-18/h4-9,11H,1-3H3,(H2,28,29,31). The Bertz CT molecular complexity index is 1300. The lowest BCUT2D eigenvalue weighted by Crippen LogP contribution is -2.22. The third-order valence-electron chi connectivity index (χ3n) is 4.74. The molecule has 4 heterocycles. The molecule has 4 aromatic heterocycles. The zero-order valence-electron chi connectivity index (χ0n) is 17.6. The first-order chi connectivity index (χ1) is 15.7. The number of carbonyl (C=O) groups is 1. The topological polar surface area (TPSA) is 119 Å². The highest BCUT2D eigenvalue weighted by Gasteiger charge is 2.36. The fourth-order valence-corrected chi connectivity index (χ4v) is 3.23. The molecule has 33 heavy (non-hydrogen) atoms. The number of ether oxygens (including phenoxy) is 1. The molecule has 10 nitrogen and oxygen atoms in total. The van der Waals surface area contributed by atoms with Crippen molar-refractivity contribution in [1.82, 2.24) is 24.6 Å². The summed E-state index contributed by atoms with van der Waals surface area (Å²) in [5.41, 5.74) is 0.277. The van der Waals surface area contributed by atoms with Crippen LogP contribution in [0.25, 0.3) is 17.2 Å². The highest BCUT2D eigenvalue weighted by atomic mass is 19.4. The van der Waals surface area contributed by atoms with Gasteiger partial charge in [0.15, 0.2) is 5.65 Å². The number of hydrogen-bond donors (Lipinski definition) is 2. The molecule has 0 saturated carbocycles. The normalized spacial score (nSPS) is 12.7. The molecule has 1 atom stereocenters. The van der Waals surface area contributed by atoms with Crippen molar-refractivity contribution in [2.24, 2.45) is 0 Å². The summed E-state index contributed by atoms with van der Waals surface area (Å²) in [4.78, 5) is 24.5. The van der Waals surface area contributed by atoms with Crippen molar-refractivity contribution in [3.05, 3.63) is 53.9 Å². The summed E-state index contributed by atoms with van der Waals surface area (Å²) in [6, 6.07) is -0.0442. The number of methoxy groups -OCH3 is 1. The maximum absolute atomic E-state index is 13.6. The number of halogens is 3. The number of pyridine rings is 1. The Morgan fingerprint density at radius 3 is 2.70 bits per heavy atom. The van der Waals surface area contributed by atoms with Gasteiger partial charge >= 0.3 is 12.2 Å². The van der Waals surface area contributed by atoms with E-state index in [1.165, 1.54) is 19.5 Å². The summed E-state index contributed by atoms with van der Waals surface area (Å²) in [5.74, 6) is -0.286. The highest BCUT2D eigenvalue weighted by Crippen LogP contribution is 2.37. The number of aromatic nitrogens is 5. The number of imidazole rings is 1. The van der Waals surface area contributed by atoms with Gasteiger partial charge in [0, 0.05) is 7.11 Å². The minimum Gasteiger partial charge on any atom is -0.443 e. The van der Waals surface area contributed by atoms with Crippen LogP contribution in [0.4, 0.5) is 29.3 Å². The first kappa shape index (κ1) is 22.2. The van der Waals surface area contributed by atoms with E-state index in [0.29, 0.717) is 22.6 Å². The number of amides is 2. The fraction of sp³-hybridized carbons (Fsp3) is 0.250. The van der Waals surface area contributed by atoms with Gasteiger partial charge in [-0.3, -0.25) is 0 Å². The van der Waals surface area contributed by atoms with Crippen molar-refractivity contribution in [1.29, 1.82) is 0 Å². The molecular weight excluding hydrogens is 443 g/mol. The van der Waals surface area contributed by atoms with Crippen molar-refractivity contribution in [3.8, 4) is 11.6 Å². The third kappa shape index (κ3) is 4.48. The summed E-state index contributed by atoms with van der Waals surface area (Å²) in [7, 11) is 1.50. The van der Waals surface area contributed by atoms with Gasteiger partial charge in [-0.2, -0.15) is 18.3 Å². The van der Waals surface area contributed by atoms with Gasteiger partial charge < -0.3 is 19.8 Å². The van der Waals surface area contributed by atoms with Gasteiger partial charge in [0.2, 0.25) is 5.89 Å². The number of aryl methyl sites for hydroxylation is 1. The van der Waals surface area contributed by atoms with Crippen LogP contribution in [0.2, 0.25) is 0 Å². The van der Waals surface area contributed by atoms with Crippen LogP contribution in [0.5, 0.6) is 0 Å². The van der Waals surface area contributed by atoms with Gasteiger partial charge in [-0.05, 0) is 19.9 Å². The number of urea groups is 1. The molecule has 0 saturated heterocycles. The number of hydrogen-bond acceptors (Lipinski definition) is 7. The number of fused-ring (bicyclic) bond motifs is 1. The van der Waals surface area contributed by atoms with E-state index in [1.807, 2.05) is 0 Å². The molecule has 0 aromatic carbocycles. The number of oxazole rings is 1. The number of anilines is 2. The Kier molecular flexibility index (Phi) is 5.72. The Hall–Kier alpha value is -4.00. The summed E-state index contributed by atoms with van der Waals surface area (Å²) in [6.45, 7) is 3.56. The third-order valence-corrected chi connectivity index (χ3v) is 4.74. The van der Waals surface area contributed by atoms with Crippen molar-refractivity contribution < 1.29 is 27.1 Å². The average molecular weight is 461 g/mol. The lowest BCUT2D eigenvalue weighted by Gasteiger charge is -2.17. The van der Waals surface area contributed by atoms with Crippen molar-refractivity contribution in [3.63, 3.8) is 0 Å². The zero-order chi connectivity index (χ0) is 23.8. The maximum atomic E-state index is 13.6. The van der Waals surface area contributed by atoms with Gasteiger partial charge in [-0.15, -0.1) is 0 Å². The van der Waals surface area contributed by atoms with Crippen LogP contribution in [-0.2, 0) is 10.9 Å². The number of rotatable bonds is 5. The van der Waals surface area contributed by atoms with Gasteiger partial charge in [-0.25, -0.2) is 24.3 Å². The molecule has 4 aromatic rings. The van der Waals surface area contributed by atoms with E-state index in [-0.39, 0.29) is 11.6 Å². The van der Waals surface area contributed by atoms with E-state index in [0.717, 1.165) is 18.5 Å². The summed E-state index contributed by atoms with van der Waals surface area (Å²) >= 11 is 0. The predicted molar refractivity (Wildman–Crippen MR) is 111 cm³/mol. The Labute approximate surface area is 184 Å². The van der Waals surface area contributed by atoms with Crippen LogP contribution in [0.3, 0.4) is 0 Å². The summed E-state index contributed by atoms with van der Waals surface area (Å²) in [5, 5.41) is 9.15. The second kappa shape index (κ2) is 8.50. The Morgan fingerprint density at radius 2 is 2.03 bits per heavy atom. The summed E-state index contributed by atoms with van der Waals surface area (Å²) < 4.78 is 52.6. The number of nitrogens with zero attached hydrogens (tertiary/aromatic N) is 5. The van der Waals surface area contributed by atoms with Crippen LogP contribution < -0.4 is 10.6 Å². The molecule has 0 aliphatic rings. The molecule has 1 unspecified atom stereocenters. The van der Waals surface area contributed by atoms with Gasteiger partial charge in [0.25, 0.3) is 0 Å². The second-order valence-electron chi connectivity index (χ2n) is 7.03. The number of carbonyl (C=O) groups excluding carboxylic acids is 1. The van der Waals surface area contributed by atoms with Crippen molar-refractivity contribution >= 4 is 23.1 Å². The molecule has 0 bridgehead atoms. The van der Waals surface area contributed by atoms with Gasteiger partial charge in [0.1, 0.15) is 12.0 Å². The van der Waals surface area contributed by atoms with Crippen LogP contribution in [0.1, 0.15) is 29.8 Å². The Balaban J connectivity index is 1.63. The zero-order valence-corrected chi connectivity index (χ0v) is 17.6. The molecular formula is C20H18F3N7O3. The van der Waals surface area contributed by atoms with E-state index in [1.54, 1.807) is 24.6 Å². The molecule has 172 valence electrons. The van der Waals surface area contributed by atoms with E-state index in [9.17, 15) is 18.0 Å². The molecule has 0 radical (unpaired) electrons. The maximum Gasteiger partial charge on any atom is 0.418 e. The fourth-order valence-electron chi connectivity index (χ4n) is 3.23. The largest absolute Gasteiger partial charge is 0.443 e. The first-order valence-electron chi connectivity index (χ1n) is 9.60. The molecule has 0 aliphatic heterocycles. The first-order valence-corrected chi connectivity index (χ1v) is 9.60. The minimum absolute atomic E-state index is 0.179. The predicted octanol–water partition coefficient (Wildman–Crippen LogP) is 4.46. The van der Waals surface area contributed by atoms with E-state index in [4.69, 9.17) is 9.15 Å². The molecule has 4 rings (SSSR count). The molecule has 0 spiro atoms. The molecule has 2 amide bonds. The molecule has 2 N–H and O–H groups in total. The van der Waals surface area contributed by atoms with E-state index in [2.05, 4.69) is 30.7 Å². The number of alkyl halides is 3. The quantitative estimate of drug-likeness (QED) is 0.450. The van der Waals surface area contributed by atoms with E-state index >= 15 is 0 Å². The Morgan fingerprint density at radius 1 is 1.24 bits per heavy atom. The summed E-state index contributed by atoms with van der Waals surface area (Å²) in [6.07, 6.45) is 1.34. The minimum atomic E-state index is -4.75. The van der Waals surface area contributed by atoms with Crippen LogP contribution in [0, 0.1) is 6.92 Å². The molecule has 0 fully saturated rings. The van der Waals surface area contributed by atoms with Crippen LogP contribution >= 0.6 is 0 Å². The average Bonchev–Trinajstić information content (AvgIpc) is 3.41. The van der Waals surface area contributed by atoms with E-state index < -0.39 is 29.6 Å². The molecule has 0 aliphatic carbocycles.